The van der Waals surface area contributed by atoms with Gasteiger partial charge in [0.1, 0.15) is 5.82 Å². The lowest BCUT2D eigenvalue weighted by molar-refractivity contribution is 0.257. The number of unbranched alkanes of at least 4 members (excludes halogenated alkanes) is 2. The number of nitrogens with zero attached hydrogens (tertiary/aromatic N) is 2. The van der Waals surface area contributed by atoms with E-state index in [1.807, 2.05) is 12.3 Å². The summed E-state index contributed by atoms with van der Waals surface area (Å²) in [6.45, 7) is 7.80. The standard InChI is InChI=1S/C14H26N4/c1-3-5-9-18(10-6-4-2)12-13-7-8-16-14(11-13)17-15/h7-8,11H,3-6,9-10,12,15H2,1-2H3,(H,16,17). The molecular formula is C14H26N4. The average molecular weight is 250 g/mol. The van der Waals surface area contributed by atoms with Crippen LogP contribution < -0.4 is 11.3 Å². The Balaban J connectivity index is 2.56. The summed E-state index contributed by atoms with van der Waals surface area (Å²) in [6, 6.07) is 4.08. The Labute approximate surface area is 111 Å². The third-order valence-electron chi connectivity index (χ3n) is 3.03. The first-order valence-electron chi connectivity index (χ1n) is 6.94. The summed E-state index contributed by atoms with van der Waals surface area (Å²) < 4.78 is 0. The Morgan fingerprint density at radius 2 is 1.89 bits per heavy atom. The van der Waals surface area contributed by atoms with E-state index in [1.54, 1.807) is 0 Å². The maximum absolute atomic E-state index is 5.38. The minimum Gasteiger partial charge on any atom is -0.308 e. The highest BCUT2D eigenvalue weighted by Crippen LogP contribution is 2.10. The number of hydrogen-bond acceptors (Lipinski definition) is 4. The highest BCUT2D eigenvalue weighted by molar-refractivity contribution is 5.35. The van der Waals surface area contributed by atoms with Crippen molar-refractivity contribution in [3.8, 4) is 0 Å². The minimum atomic E-state index is 0.735. The van der Waals surface area contributed by atoms with Gasteiger partial charge < -0.3 is 5.43 Å². The topological polar surface area (TPSA) is 54.2 Å². The van der Waals surface area contributed by atoms with Gasteiger partial charge in [0.05, 0.1) is 0 Å². The summed E-state index contributed by atoms with van der Waals surface area (Å²) in [6.07, 6.45) is 6.82. The lowest BCUT2D eigenvalue weighted by Gasteiger charge is -2.22. The van der Waals surface area contributed by atoms with E-state index < -0.39 is 0 Å². The summed E-state index contributed by atoms with van der Waals surface area (Å²) >= 11 is 0. The van der Waals surface area contributed by atoms with Crippen molar-refractivity contribution in [1.29, 1.82) is 0 Å². The molecule has 1 rings (SSSR count). The summed E-state index contributed by atoms with van der Waals surface area (Å²) in [5.41, 5.74) is 3.87. The van der Waals surface area contributed by atoms with E-state index in [2.05, 4.69) is 35.2 Å². The molecule has 3 N–H and O–H groups in total. The zero-order valence-corrected chi connectivity index (χ0v) is 11.7. The summed E-state index contributed by atoms with van der Waals surface area (Å²) in [5.74, 6) is 6.12. The van der Waals surface area contributed by atoms with Gasteiger partial charge in [0.25, 0.3) is 0 Å². The first kappa shape index (κ1) is 14.9. The number of hydrogen-bond donors (Lipinski definition) is 2. The first-order valence-corrected chi connectivity index (χ1v) is 6.94. The van der Waals surface area contributed by atoms with Gasteiger partial charge in [0.15, 0.2) is 0 Å². The molecule has 0 aliphatic heterocycles. The molecule has 0 unspecified atom stereocenters. The van der Waals surface area contributed by atoms with Crippen LogP contribution in [0, 0.1) is 0 Å². The fourth-order valence-electron chi connectivity index (χ4n) is 1.94. The van der Waals surface area contributed by atoms with Gasteiger partial charge in [-0.05, 0) is 43.6 Å². The van der Waals surface area contributed by atoms with Crippen LogP contribution in [-0.2, 0) is 6.54 Å². The van der Waals surface area contributed by atoms with Crippen molar-refractivity contribution in [2.24, 2.45) is 5.84 Å². The van der Waals surface area contributed by atoms with Crippen LogP contribution >= 0.6 is 0 Å². The summed E-state index contributed by atoms with van der Waals surface area (Å²) in [5, 5.41) is 0. The molecule has 1 heterocycles. The predicted octanol–water partition coefficient (Wildman–Crippen LogP) is 2.77. The molecule has 0 aliphatic carbocycles. The van der Waals surface area contributed by atoms with E-state index in [9.17, 15) is 0 Å². The predicted molar refractivity (Wildman–Crippen MR) is 77.1 cm³/mol. The number of nitrogen functional groups attached to an aromatic ring is 1. The molecule has 1 aromatic rings. The van der Waals surface area contributed by atoms with Gasteiger partial charge in [0, 0.05) is 12.7 Å². The van der Waals surface area contributed by atoms with Crippen LogP contribution in [0.25, 0.3) is 0 Å². The van der Waals surface area contributed by atoms with E-state index in [1.165, 1.54) is 44.3 Å². The lowest BCUT2D eigenvalue weighted by Crippen LogP contribution is -2.25. The highest BCUT2D eigenvalue weighted by Gasteiger charge is 2.05. The van der Waals surface area contributed by atoms with Crippen LogP contribution in [0.1, 0.15) is 45.1 Å². The van der Waals surface area contributed by atoms with Gasteiger partial charge in [0.2, 0.25) is 0 Å². The molecule has 0 aliphatic rings. The molecule has 0 atom stereocenters. The molecule has 0 radical (unpaired) electrons. The highest BCUT2D eigenvalue weighted by atomic mass is 15.2. The Bertz CT molecular complexity index is 319. The molecule has 0 aromatic carbocycles. The van der Waals surface area contributed by atoms with Crippen LogP contribution in [0.4, 0.5) is 5.82 Å². The maximum atomic E-state index is 5.38. The Morgan fingerprint density at radius 3 is 2.44 bits per heavy atom. The fraction of sp³-hybridized carbons (Fsp3) is 0.643. The molecule has 102 valence electrons. The Kier molecular flexibility index (Phi) is 7.37. The van der Waals surface area contributed by atoms with Gasteiger partial charge >= 0.3 is 0 Å². The Morgan fingerprint density at radius 1 is 1.22 bits per heavy atom. The van der Waals surface area contributed by atoms with Crippen molar-refractivity contribution in [2.45, 2.75) is 46.1 Å². The molecular weight excluding hydrogens is 224 g/mol. The van der Waals surface area contributed by atoms with Crippen molar-refractivity contribution in [3.05, 3.63) is 23.9 Å². The van der Waals surface area contributed by atoms with Crippen molar-refractivity contribution in [2.75, 3.05) is 18.5 Å². The van der Waals surface area contributed by atoms with Gasteiger partial charge in [-0.25, -0.2) is 10.8 Å². The number of pyridine rings is 1. The van der Waals surface area contributed by atoms with Gasteiger partial charge in [-0.1, -0.05) is 26.7 Å². The minimum absolute atomic E-state index is 0.735. The molecule has 0 spiro atoms. The van der Waals surface area contributed by atoms with E-state index in [-0.39, 0.29) is 0 Å². The number of hydrazine groups is 1. The molecule has 0 saturated carbocycles. The van der Waals surface area contributed by atoms with Crippen LogP contribution in [0.3, 0.4) is 0 Å². The zero-order valence-electron chi connectivity index (χ0n) is 11.7. The largest absolute Gasteiger partial charge is 0.308 e. The van der Waals surface area contributed by atoms with E-state index >= 15 is 0 Å². The molecule has 1 aromatic heterocycles. The summed E-state index contributed by atoms with van der Waals surface area (Å²) in [7, 11) is 0. The van der Waals surface area contributed by atoms with Crippen molar-refractivity contribution < 1.29 is 0 Å². The first-order chi connectivity index (χ1) is 8.80. The number of nitrogens with one attached hydrogen (secondary N) is 1. The zero-order chi connectivity index (χ0) is 13.2. The second kappa shape index (κ2) is 8.89. The average Bonchev–Trinajstić information content (AvgIpc) is 2.42. The number of aromatic nitrogens is 1. The number of anilines is 1. The van der Waals surface area contributed by atoms with Gasteiger partial charge in [-0.2, -0.15) is 0 Å². The molecule has 4 heteroatoms. The molecule has 18 heavy (non-hydrogen) atoms. The smallest absolute Gasteiger partial charge is 0.140 e. The quantitative estimate of drug-likeness (QED) is 0.523. The summed E-state index contributed by atoms with van der Waals surface area (Å²) in [4.78, 5) is 6.65. The van der Waals surface area contributed by atoms with Gasteiger partial charge in [-0.3, -0.25) is 4.90 Å². The molecule has 0 fully saturated rings. The maximum Gasteiger partial charge on any atom is 0.140 e. The van der Waals surface area contributed by atoms with Gasteiger partial charge in [-0.15, -0.1) is 0 Å². The second-order valence-electron chi connectivity index (χ2n) is 4.68. The number of rotatable bonds is 9. The molecule has 0 amide bonds. The normalized spacial score (nSPS) is 10.9. The van der Waals surface area contributed by atoms with Crippen LogP contribution in [0.15, 0.2) is 18.3 Å². The lowest BCUT2D eigenvalue weighted by atomic mass is 10.2. The number of nitrogens with two attached hydrogens (primary N) is 1. The molecule has 0 saturated heterocycles. The second-order valence-corrected chi connectivity index (χ2v) is 4.68. The third-order valence-corrected chi connectivity index (χ3v) is 3.03. The van der Waals surface area contributed by atoms with Crippen molar-refractivity contribution in [1.82, 2.24) is 9.88 Å². The third kappa shape index (κ3) is 5.47. The van der Waals surface area contributed by atoms with Crippen molar-refractivity contribution >= 4 is 5.82 Å². The SMILES string of the molecule is CCCCN(CCCC)Cc1ccnc(NN)c1. The Hall–Kier alpha value is -1.13. The van der Waals surface area contributed by atoms with Crippen LogP contribution in [-0.4, -0.2) is 23.0 Å². The van der Waals surface area contributed by atoms with E-state index in [0.29, 0.717) is 0 Å². The monoisotopic (exact) mass is 250 g/mol. The molecule has 4 nitrogen and oxygen atoms in total. The van der Waals surface area contributed by atoms with Crippen molar-refractivity contribution in [3.63, 3.8) is 0 Å². The van der Waals surface area contributed by atoms with Crippen LogP contribution in [0.5, 0.6) is 0 Å². The van der Waals surface area contributed by atoms with E-state index in [4.69, 9.17) is 5.84 Å². The van der Waals surface area contributed by atoms with E-state index in [0.717, 1.165) is 12.4 Å². The fourth-order valence-corrected chi connectivity index (χ4v) is 1.94. The molecule has 0 bridgehead atoms. The van der Waals surface area contributed by atoms with Crippen LogP contribution in [0.2, 0.25) is 0 Å².